The van der Waals surface area contributed by atoms with E-state index in [0.717, 1.165) is 36.4 Å². The number of halogens is 2. The van der Waals surface area contributed by atoms with Crippen LogP contribution in [0.15, 0.2) is 52.3 Å². The lowest BCUT2D eigenvalue weighted by atomic mass is 10.3. The molecule has 0 radical (unpaired) electrons. The Morgan fingerprint density at radius 3 is 1.91 bits per heavy atom. The van der Waals surface area contributed by atoms with Crippen molar-refractivity contribution in [2.75, 3.05) is 4.72 Å². The SMILES string of the molecule is NS(=O)(=O)c1ccc(S(=O)(=O)Nc2ccc(F)cc2F)cc1. The average molecular weight is 348 g/mol. The fraction of sp³-hybridized carbons (Fsp3) is 0. The third-order valence-electron chi connectivity index (χ3n) is 2.64. The first kappa shape index (κ1) is 16.3. The smallest absolute Gasteiger partial charge is 0.261 e. The molecule has 0 atom stereocenters. The Kier molecular flexibility index (Phi) is 4.18. The van der Waals surface area contributed by atoms with Gasteiger partial charge in [-0.25, -0.2) is 30.8 Å². The minimum Gasteiger partial charge on any atom is -0.277 e. The lowest BCUT2D eigenvalue weighted by Crippen LogP contribution is -2.15. The molecule has 0 aliphatic carbocycles. The van der Waals surface area contributed by atoms with E-state index in [9.17, 15) is 25.6 Å². The molecule has 118 valence electrons. The summed E-state index contributed by atoms with van der Waals surface area (Å²) in [6.07, 6.45) is 0. The van der Waals surface area contributed by atoms with Crippen LogP contribution in [0, 0.1) is 11.6 Å². The Morgan fingerprint density at radius 2 is 1.41 bits per heavy atom. The fourth-order valence-corrected chi connectivity index (χ4v) is 3.17. The first-order valence-corrected chi connectivity index (χ1v) is 8.73. The topological polar surface area (TPSA) is 106 Å². The van der Waals surface area contributed by atoms with Crippen molar-refractivity contribution >= 4 is 25.7 Å². The van der Waals surface area contributed by atoms with Crippen LogP contribution in [0.3, 0.4) is 0 Å². The molecule has 10 heteroatoms. The Labute approximate surface area is 125 Å². The van der Waals surface area contributed by atoms with E-state index in [2.05, 4.69) is 0 Å². The zero-order valence-corrected chi connectivity index (χ0v) is 12.5. The summed E-state index contributed by atoms with van der Waals surface area (Å²) >= 11 is 0. The normalized spacial score (nSPS) is 12.1. The summed E-state index contributed by atoms with van der Waals surface area (Å²) in [5.41, 5.74) is -0.433. The highest BCUT2D eigenvalue weighted by atomic mass is 32.2. The van der Waals surface area contributed by atoms with Crippen LogP contribution in [0.1, 0.15) is 0 Å². The molecule has 0 fully saturated rings. The number of primary sulfonamides is 1. The molecule has 0 bridgehead atoms. The second kappa shape index (κ2) is 5.63. The molecule has 0 aliphatic rings. The first-order chi connectivity index (χ1) is 10.1. The molecule has 6 nitrogen and oxygen atoms in total. The number of nitrogens with one attached hydrogen (secondary N) is 1. The van der Waals surface area contributed by atoms with Gasteiger partial charge < -0.3 is 0 Å². The summed E-state index contributed by atoms with van der Waals surface area (Å²) < 4.78 is 74.4. The van der Waals surface area contributed by atoms with E-state index in [-0.39, 0.29) is 9.79 Å². The van der Waals surface area contributed by atoms with Crippen molar-refractivity contribution in [1.29, 1.82) is 0 Å². The molecule has 22 heavy (non-hydrogen) atoms. The van der Waals surface area contributed by atoms with Crippen LogP contribution >= 0.6 is 0 Å². The first-order valence-electron chi connectivity index (χ1n) is 5.70. The van der Waals surface area contributed by atoms with Gasteiger partial charge in [0.15, 0.2) is 0 Å². The largest absolute Gasteiger partial charge is 0.277 e. The van der Waals surface area contributed by atoms with Crippen LogP contribution in [0.2, 0.25) is 0 Å². The van der Waals surface area contributed by atoms with E-state index in [0.29, 0.717) is 6.07 Å². The van der Waals surface area contributed by atoms with Crippen molar-refractivity contribution in [3.05, 3.63) is 54.1 Å². The summed E-state index contributed by atoms with van der Waals surface area (Å²) in [6.45, 7) is 0. The molecule has 0 aliphatic heterocycles. The van der Waals surface area contributed by atoms with E-state index in [4.69, 9.17) is 5.14 Å². The van der Waals surface area contributed by atoms with E-state index >= 15 is 0 Å². The van der Waals surface area contributed by atoms with E-state index in [1.54, 1.807) is 0 Å². The molecule has 3 N–H and O–H groups in total. The second-order valence-corrected chi connectivity index (χ2v) is 7.49. The standard InChI is InChI=1S/C12H10F2N2O4S2/c13-8-1-6-12(11(14)7-8)16-22(19,20)10-4-2-9(3-5-10)21(15,17)18/h1-7,16H,(H2,15,17,18). The van der Waals surface area contributed by atoms with Gasteiger partial charge in [0.1, 0.15) is 11.6 Å². The maximum atomic E-state index is 13.5. The van der Waals surface area contributed by atoms with E-state index in [1.807, 2.05) is 4.72 Å². The van der Waals surface area contributed by atoms with Crippen molar-refractivity contribution in [1.82, 2.24) is 0 Å². The van der Waals surface area contributed by atoms with Gasteiger partial charge in [0.05, 0.1) is 15.5 Å². The van der Waals surface area contributed by atoms with Crippen molar-refractivity contribution < 1.29 is 25.6 Å². The second-order valence-electron chi connectivity index (χ2n) is 4.25. The summed E-state index contributed by atoms with van der Waals surface area (Å²) in [5.74, 6) is -1.93. The van der Waals surface area contributed by atoms with Gasteiger partial charge in [0.2, 0.25) is 10.0 Å². The predicted octanol–water partition coefficient (Wildman–Crippen LogP) is 1.41. The number of sulfonamides is 2. The van der Waals surface area contributed by atoms with Crippen LogP contribution in [-0.4, -0.2) is 16.8 Å². The van der Waals surface area contributed by atoms with Gasteiger partial charge in [0, 0.05) is 6.07 Å². The van der Waals surface area contributed by atoms with Crippen molar-refractivity contribution in [3.8, 4) is 0 Å². The third-order valence-corrected chi connectivity index (χ3v) is 4.95. The molecule has 0 spiro atoms. The molecule has 0 aromatic heterocycles. The molecular weight excluding hydrogens is 338 g/mol. The number of rotatable bonds is 4. The zero-order chi connectivity index (χ0) is 16.5. The predicted molar refractivity (Wildman–Crippen MR) is 75.0 cm³/mol. The zero-order valence-electron chi connectivity index (χ0n) is 10.8. The molecule has 0 unspecified atom stereocenters. The van der Waals surface area contributed by atoms with Crippen molar-refractivity contribution in [2.24, 2.45) is 5.14 Å². The van der Waals surface area contributed by atoms with Gasteiger partial charge in [-0.1, -0.05) is 0 Å². The van der Waals surface area contributed by atoms with Crippen LogP contribution in [0.5, 0.6) is 0 Å². The van der Waals surface area contributed by atoms with Gasteiger partial charge in [-0.15, -0.1) is 0 Å². The van der Waals surface area contributed by atoms with Gasteiger partial charge in [0.25, 0.3) is 10.0 Å². The van der Waals surface area contributed by atoms with E-state index in [1.165, 1.54) is 0 Å². The number of hydrogen-bond donors (Lipinski definition) is 2. The van der Waals surface area contributed by atoms with Gasteiger partial charge >= 0.3 is 0 Å². The van der Waals surface area contributed by atoms with Crippen LogP contribution in [-0.2, 0) is 20.0 Å². The third kappa shape index (κ3) is 3.59. The van der Waals surface area contributed by atoms with Crippen LogP contribution in [0.25, 0.3) is 0 Å². The maximum absolute atomic E-state index is 13.5. The monoisotopic (exact) mass is 348 g/mol. The molecule has 2 rings (SSSR count). The molecular formula is C12H10F2N2O4S2. The fourth-order valence-electron chi connectivity index (χ4n) is 1.58. The lowest BCUT2D eigenvalue weighted by Gasteiger charge is -2.09. The molecule has 2 aromatic rings. The van der Waals surface area contributed by atoms with Crippen molar-refractivity contribution in [3.63, 3.8) is 0 Å². The summed E-state index contributed by atoms with van der Waals surface area (Å²) in [7, 11) is -8.11. The Hall–Kier alpha value is -2.04. The van der Waals surface area contributed by atoms with E-state index < -0.39 is 37.4 Å². The molecule has 0 amide bonds. The highest BCUT2D eigenvalue weighted by Crippen LogP contribution is 2.20. The summed E-state index contributed by atoms with van der Waals surface area (Å²) in [4.78, 5) is -0.567. The maximum Gasteiger partial charge on any atom is 0.261 e. The Bertz CT molecular complexity index is 911. The van der Waals surface area contributed by atoms with Gasteiger partial charge in [-0.3, -0.25) is 4.72 Å². The summed E-state index contributed by atoms with van der Waals surface area (Å²) in [6, 6.07) is 6.37. The Morgan fingerprint density at radius 1 is 0.864 bits per heavy atom. The molecule has 0 saturated heterocycles. The average Bonchev–Trinajstić information content (AvgIpc) is 2.41. The molecule has 0 heterocycles. The highest BCUT2D eigenvalue weighted by molar-refractivity contribution is 7.92. The quantitative estimate of drug-likeness (QED) is 0.871. The van der Waals surface area contributed by atoms with Crippen molar-refractivity contribution in [2.45, 2.75) is 9.79 Å². The molecule has 2 aromatic carbocycles. The number of hydrogen-bond acceptors (Lipinski definition) is 4. The van der Waals surface area contributed by atoms with Gasteiger partial charge in [-0.2, -0.15) is 0 Å². The summed E-state index contributed by atoms with van der Waals surface area (Å²) in [5, 5.41) is 4.90. The minimum absolute atomic E-state index is 0.264. The minimum atomic E-state index is -4.16. The number of anilines is 1. The number of nitrogens with two attached hydrogens (primary N) is 1. The van der Waals surface area contributed by atoms with Crippen LogP contribution < -0.4 is 9.86 Å². The number of benzene rings is 2. The lowest BCUT2D eigenvalue weighted by molar-refractivity contribution is 0.582. The van der Waals surface area contributed by atoms with Gasteiger partial charge in [-0.05, 0) is 36.4 Å². The highest BCUT2D eigenvalue weighted by Gasteiger charge is 2.18. The molecule has 0 saturated carbocycles. The Balaban J connectivity index is 2.34. The van der Waals surface area contributed by atoms with Crippen LogP contribution in [0.4, 0.5) is 14.5 Å².